The normalized spacial score (nSPS) is 12.1. The summed E-state index contributed by atoms with van der Waals surface area (Å²) in [5, 5.41) is 11.9. The second-order valence-corrected chi connectivity index (χ2v) is 5.17. The number of H-pyrrole nitrogens is 1. The molecule has 0 saturated heterocycles. The minimum absolute atomic E-state index is 0.0256. The Labute approximate surface area is 94.1 Å². The smallest absolute Gasteiger partial charge is 0.343 e. The monoisotopic (exact) mass is 226 g/mol. The molecular weight excluding hydrogens is 208 g/mol. The maximum atomic E-state index is 11.9. The Kier molecular flexibility index (Phi) is 2.99. The molecule has 0 unspecified atom stereocenters. The highest BCUT2D eigenvalue weighted by Crippen LogP contribution is 2.18. The van der Waals surface area contributed by atoms with Crippen molar-refractivity contribution in [2.75, 3.05) is 0 Å². The number of aromatic amines is 1. The number of aromatic carboxylic acids is 1. The number of carboxylic acid groups (broad SMARTS) is 1. The van der Waals surface area contributed by atoms with Crippen LogP contribution in [0.3, 0.4) is 0 Å². The van der Waals surface area contributed by atoms with Gasteiger partial charge in [0, 0.05) is 0 Å². The summed E-state index contributed by atoms with van der Waals surface area (Å²) in [6.07, 6.45) is 0. The van der Waals surface area contributed by atoms with Crippen molar-refractivity contribution in [3.05, 3.63) is 21.6 Å². The first kappa shape index (κ1) is 12.5. The fourth-order valence-corrected chi connectivity index (χ4v) is 1.55. The van der Waals surface area contributed by atoms with E-state index in [9.17, 15) is 9.59 Å². The topological polar surface area (TPSA) is 75.1 Å². The minimum atomic E-state index is -1.17. The number of aromatic nitrogens is 2. The molecule has 5 nitrogen and oxygen atoms in total. The van der Waals surface area contributed by atoms with Crippen molar-refractivity contribution >= 4 is 5.97 Å². The predicted molar refractivity (Wildman–Crippen MR) is 61.1 cm³/mol. The Morgan fingerprint density at radius 2 is 1.88 bits per heavy atom. The summed E-state index contributed by atoms with van der Waals surface area (Å²) < 4.78 is 1.37. The van der Waals surface area contributed by atoms with E-state index in [1.807, 2.05) is 34.6 Å². The average molecular weight is 226 g/mol. The molecule has 0 atom stereocenters. The van der Waals surface area contributed by atoms with Gasteiger partial charge in [-0.15, -0.1) is 0 Å². The molecule has 0 bridgehead atoms. The van der Waals surface area contributed by atoms with Gasteiger partial charge in [0.25, 0.3) is 5.56 Å². The van der Waals surface area contributed by atoms with Crippen molar-refractivity contribution in [2.45, 2.75) is 46.1 Å². The van der Waals surface area contributed by atoms with Crippen LogP contribution in [-0.2, 0) is 5.54 Å². The van der Waals surface area contributed by atoms with Gasteiger partial charge in [-0.3, -0.25) is 9.89 Å². The molecule has 0 aliphatic carbocycles. The highest BCUT2D eigenvalue weighted by molar-refractivity contribution is 5.88. The molecule has 1 rings (SSSR count). The van der Waals surface area contributed by atoms with E-state index < -0.39 is 17.1 Å². The van der Waals surface area contributed by atoms with E-state index in [0.29, 0.717) is 5.69 Å². The number of nitrogens with one attached hydrogen (secondary N) is 1. The van der Waals surface area contributed by atoms with Crippen molar-refractivity contribution in [3.8, 4) is 0 Å². The van der Waals surface area contributed by atoms with Gasteiger partial charge in [0.2, 0.25) is 0 Å². The first-order valence-corrected chi connectivity index (χ1v) is 5.25. The molecule has 0 spiro atoms. The van der Waals surface area contributed by atoms with Crippen LogP contribution in [-0.4, -0.2) is 20.9 Å². The first-order chi connectivity index (χ1) is 7.16. The summed E-state index contributed by atoms with van der Waals surface area (Å²) in [6.45, 7) is 9.25. The molecule has 5 heteroatoms. The Morgan fingerprint density at radius 3 is 2.12 bits per heavy atom. The molecule has 16 heavy (non-hydrogen) atoms. The van der Waals surface area contributed by atoms with Gasteiger partial charge in [0.05, 0.1) is 11.2 Å². The molecule has 0 amide bonds. The van der Waals surface area contributed by atoms with Crippen LogP contribution in [0.1, 0.15) is 56.6 Å². The van der Waals surface area contributed by atoms with Crippen molar-refractivity contribution in [3.63, 3.8) is 0 Å². The number of carboxylic acids is 1. The van der Waals surface area contributed by atoms with Crippen LogP contribution in [0.15, 0.2) is 4.79 Å². The molecular formula is C11H18N2O3. The van der Waals surface area contributed by atoms with Crippen molar-refractivity contribution in [1.82, 2.24) is 9.78 Å². The summed E-state index contributed by atoms with van der Waals surface area (Å²) in [6, 6.07) is 0. The molecule has 0 aliphatic heterocycles. The Balaban J connectivity index is 3.55. The van der Waals surface area contributed by atoms with Crippen LogP contribution < -0.4 is 5.56 Å². The quantitative estimate of drug-likeness (QED) is 0.806. The van der Waals surface area contributed by atoms with Gasteiger partial charge < -0.3 is 5.11 Å². The highest BCUT2D eigenvalue weighted by atomic mass is 16.4. The first-order valence-electron chi connectivity index (χ1n) is 5.25. The Morgan fingerprint density at radius 1 is 1.38 bits per heavy atom. The number of carbonyl (C=O) groups is 1. The molecule has 0 fully saturated rings. The van der Waals surface area contributed by atoms with E-state index in [1.165, 1.54) is 4.68 Å². The zero-order valence-corrected chi connectivity index (χ0v) is 10.3. The van der Waals surface area contributed by atoms with E-state index in [2.05, 4.69) is 5.10 Å². The summed E-state index contributed by atoms with van der Waals surface area (Å²) in [7, 11) is 0. The second kappa shape index (κ2) is 3.81. The van der Waals surface area contributed by atoms with Gasteiger partial charge in [-0.2, -0.15) is 0 Å². The number of rotatable bonds is 2. The average Bonchev–Trinajstić information content (AvgIpc) is 2.41. The molecule has 0 saturated carbocycles. The molecule has 1 aromatic heterocycles. The molecule has 2 N–H and O–H groups in total. The van der Waals surface area contributed by atoms with Gasteiger partial charge >= 0.3 is 5.97 Å². The lowest BCUT2D eigenvalue weighted by atomic mass is 10.1. The molecule has 0 aromatic carbocycles. The van der Waals surface area contributed by atoms with Gasteiger partial charge in [-0.05, 0) is 26.7 Å². The van der Waals surface area contributed by atoms with E-state index in [-0.39, 0.29) is 11.5 Å². The molecule has 1 heterocycles. The van der Waals surface area contributed by atoms with Crippen molar-refractivity contribution in [1.29, 1.82) is 0 Å². The van der Waals surface area contributed by atoms with Gasteiger partial charge in [0.1, 0.15) is 5.56 Å². The minimum Gasteiger partial charge on any atom is -0.477 e. The lowest BCUT2D eigenvalue weighted by Gasteiger charge is -2.19. The van der Waals surface area contributed by atoms with Crippen LogP contribution in [0.5, 0.6) is 0 Å². The zero-order valence-electron chi connectivity index (χ0n) is 10.3. The predicted octanol–water partition coefficient (Wildman–Crippen LogP) is 1.75. The molecule has 0 aliphatic rings. The van der Waals surface area contributed by atoms with Crippen LogP contribution in [0.25, 0.3) is 0 Å². The van der Waals surface area contributed by atoms with Crippen LogP contribution >= 0.6 is 0 Å². The molecule has 0 radical (unpaired) electrons. The van der Waals surface area contributed by atoms with Crippen LogP contribution in [0.2, 0.25) is 0 Å². The lowest BCUT2D eigenvalue weighted by Crippen LogP contribution is -2.34. The van der Waals surface area contributed by atoms with Gasteiger partial charge in [-0.1, -0.05) is 13.8 Å². The fourth-order valence-electron chi connectivity index (χ4n) is 1.55. The zero-order chi connectivity index (χ0) is 12.7. The maximum Gasteiger partial charge on any atom is 0.343 e. The van der Waals surface area contributed by atoms with Crippen molar-refractivity contribution in [2.24, 2.45) is 0 Å². The van der Waals surface area contributed by atoms with E-state index in [0.717, 1.165) is 0 Å². The third-order valence-corrected chi connectivity index (χ3v) is 2.38. The standard InChI is InChI=1S/C11H18N2O3/c1-6(2)8-7(10(15)16)9(14)13(12-8)11(3,4)5/h6,12H,1-5H3,(H,15,16). The summed E-state index contributed by atoms with van der Waals surface area (Å²) in [5.41, 5.74) is -0.588. The molecule has 90 valence electrons. The fraction of sp³-hybridized carbons (Fsp3) is 0.636. The largest absolute Gasteiger partial charge is 0.477 e. The SMILES string of the molecule is CC(C)c1[nH]n(C(C)(C)C)c(=O)c1C(=O)O. The van der Waals surface area contributed by atoms with Gasteiger partial charge in [0.15, 0.2) is 0 Å². The third-order valence-electron chi connectivity index (χ3n) is 2.38. The second-order valence-electron chi connectivity index (χ2n) is 5.17. The number of hydrogen-bond acceptors (Lipinski definition) is 2. The summed E-state index contributed by atoms with van der Waals surface area (Å²) >= 11 is 0. The third kappa shape index (κ3) is 2.03. The van der Waals surface area contributed by atoms with E-state index in [4.69, 9.17) is 5.11 Å². The Hall–Kier alpha value is -1.52. The highest BCUT2D eigenvalue weighted by Gasteiger charge is 2.26. The lowest BCUT2D eigenvalue weighted by molar-refractivity contribution is 0.0693. The van der Waals surface area contributed by atoms with Crippen LogP contribution in [0.4, 0.5) is 0 Å². The molecule has 1 aromatic rings. The van der Waals surface area contributed by atoms with E-state index >= 15 is 0 Å². The number of hydrogen-bond donors (Lipinski definition) is 2. The van der Waals surface area contributed by atoms with E-state index in [1.54, 1.807) is 0 Å². The van der Waals surface area contributed by atoms with Gasteiger partial charge in [-0.25, -0.2) is 9.48 Å². The van der Waals surface area contributed by atoms with Crippen LogP contribution in [0, 0.1) is 0 Å². The number of nitrogens with zero attached hydrogens (tertiary/aromatic N) is 1. The maximum absolute atomic E-state index is 11.9. The summed E-state index contributed by atoms with van der Waals surface area (Å²) in [5.74, 6) is -1.20. The summed E-state index contributed by atoms with van der Waals surface area (Å²) in [4.78, 5) is 23.0. The Bertz CT molecular complexity index is 461. The van der Waals surface area contributed by atoms with Crippen molar-refractivity contribution < 1.29 is 9.90 Å².